The van der Waals surface area contributed by atoms with Gasteiger partial charge in [-0.3, -0.25) is 4.79 Å². The number of anilines is 1. The zero-order valence-corrected chi connectivity index (χ0v) is 14.3. The van der Waals surface area contributed by atoms with Gasteiger partial charge in [-0.1, -0.05) is 0 Å². The number of amides is 1. The van der Waals surface area contributed by atoms with E-state index in [2.05, 4.69) is 9.88 Å². The van der Waals surface area contributed by atoms with E-state index in [0.29, 0.717) is 37.3 Å². The molecule has 6 heteroatoms. The maximum atomic E-state index is 13.9. The van der Waals surface area contributed by atoms with E-state index >= 15 is 0 Å². The van der Waals surface area contributed by atoms with E-state index in [1.54, 1.807) is 12.3 Å². The summed E-state index contributed by atoms with van der Waals surface area (Å²) < 4.78 is 19.2. The van der Waals surface area contributed by atoms with Crippen LogP contribution in [0.4, 0.5) is 10.2 Å². The van der Waals surface area contributed by atoms with Gasteiger partial charge in [-0.25, -0.2) is 9.37 Å². The zero-order valence-electron chi connectivity index (χ0n) is 14.3. The number of likely N-dealkylation sites (tertiary alicyclic amines) is 1. The Morgan fingerprint density at radius 3 is 2.67 bits per heavy atom. The molecule has 0 aromatic carbocycles. The summed E-state index contributed by atoms with van der Waals surface area (Å²) in [5.41, 5.74) is 0. The Balaban J connectivity index is 1.55. The molecule has 0 bridgehead atoms. The Kier molecular flexibility index (Phi) is 5.66. The van der Waals surface area contributed by atoms with E-state index in [4.69, 9.17) is 4.74 Å². The van der Waals surface area contributed by atoms with Crippen molar-refractivity contribution >= 4 is 11.7 Å². The van der Waals surface area contributed by atoms with E-state index < -0.39 is 0 Å². The van der Waals surface area contributed by atoms with Gasteiger partial charge in [-0.15, -0.1) is 0 Å². The fraction of sp³-hybridized carbons (Fsp3) is 0.667. The molecule has 2 aliphatic heterocycles. The second-order valence-corrected chi connectivity index (χ2v) is 6.64. The largest absolute Gasteiger partial charge is 0.381 e. The summed E-state index contributed by atoms with van der Waals surface area (Å²) in [6, 6.07) is 3.09. The Morgan fingerprint density at radius 1 is 1.33 bits per heavy atom. The average Bonchev–Trinajstić information content (AvgIpc) is 2.90. The smallest absolute Gasteiger partial charge is 0.224 e. The van der Waals surface area contributed by atoms with Crippen LogP contribution in [0.2, 0.25) is 0 Å². The number of halogens is 1. The van der Waals surface area contributed by atoms with Crippen molar-refractivity contribution in [3.8, 4) is 0 Å². The molecule has 2 aliphatic rings. The van der Waals surface area contributed by atoms with Gasteiger partial charge in [0.15, 0.2) is 11.6 Å². The highest BCUT2D eigenvalue weighted by molar-refractivity contribution is 5.76. The van der Waals surface area contributed by atoms with Crippen LogP contribution < -0.4 is 4.90 Å². The summed E-state index contributed by atoms with van der Waals surface area (Å²) in [6.45, 7) is 6.36. The van der Waals surface area contributed by atoms with Gasteiger partial charge in [0.25, 0.3) is 0 Å². The lowest BCUT2D eigenvalue weighted by atomic mass is 9.92. The van der Waals surface area contributed by atoms with Crippen LogP contribution in [0.25, 0.3) is 0 Å². The van der Waals surface area contributed by atoms with Gasteiger partial charge in [-0.2, -0.15) is 0 Å². The summed E-state index contributed by atoms with van der Waals surface area (Å²) in [6.07, 6.45) is 4.08. The number of aromatic nitrogens is 1. The number of rotatable bonds is 5. The monoisotopic (exact) mass is 335 g/mol. The van der Waals surface area contributed by atoms with Crippen LogP contribution in [0.15, 0.2) is 18.3 Å². The van der Waals surface area contributed by atoms with Crippen LogP contribution >= 0.6 is 0 Å². The first-order valence-electron chi connectivity index (χ1n) is 8.90. The minimum atomic E-state index is -0.253. The predicted octanol–water partition coefficient (Wildman–Crippen LogP) is 2.32. The standard InChI is InChI=1S/C18H26FN3O2/c1-2-24-11-7-17(23)22-12-14-5-9-21(10-6-15(14)13-22)18-16(19)4-3-8-20-18/h3-4,8,14-15H,2,5-7,9-13H2,1H3/t14-,15+. The van der Waals surface area contributed by atoms with Crippen molar-refractivity contribution in [1.29, 1.82) is 0 Å². The Labute approximate surface area is 142 Å². The molecule has 0 radical (unpaired) electrons. The molecule has 2 saturated heterocycles. The third-order valence-electron chi connectivity index (χ3n) is 5.17. The summed E-state index contributed by atoms with van der Waals surface area (Å²) >= 11 is 0. The minimum Gasteiger partial charge on any atom is -0.381 e. The Hall–Kier alpha value is -1.69. The van der Waals surface area contributed by atoms with Crippen molar-refractivity contribution in [1.82, 2.24) is 9.88 Å². The molecule has 1 amide bonds. The first-order chi connectivity index (χ1) is 11.7. The van der Waals surface area contributed by atoms with Gasteiger partial charge in [0.05, 0.1) is 13.0 Å². The van der Waals surface area contributed by atoms with Crippen molar-refractivity contribution in [3.63, 3.8) is 0 Å². The lowest BCUT2D eigenvalue weighted by Crippen LogP contribution is -2.32. The number of fused-ring (bicyclic) bond motifs is 1. The number of carbonyl (C=O) groups is 1. The van der Waals surface area contributed by atoms with Crippen LogP contribution in [-0.2, 0) is 9.53 Å². The number of hydrogen-bond acceptors (Lipinski definition) is 4. The highest BCUT2D eigenvalue weighted by Crippen LogP contribution is 2.33. The molecule has 0 saturated carbocycles. The van der Waals surface area contributed by atoms with Crippen molar-refractivity contribution in [2.24, 2.45) is 11.8 Å². The highest BCUT2D eigenvalue weighted by Gasteiger charge is 2.37. The van der Waals surface area contributed by atoms with E-state index in [9.17, 15) is 9.18 Å². The molecule has 3 rings (SSSR count). The molecule has 1 aromatic heterocycles. The third-order valence-corrected chi connectivity index (χ3v) is 5.17. The molecule has 0 spiro atoms. The number of ether oxygens (including phenoxy) is 1. The SMILES string of the molecule is CCOCCC(=O)N1C[C@H]2CCN(c3ncccc3F)CC[C@H]2C1. The normalized spacial score (nSPS) is 23.9. The summed E-state index contributed by atoms with van der Waals surface area (Å²) in [5, 5.41) is 0. The van der Waals surface area contributed by atoms with Gasteiger partial charge in [0.2, 0.25) is 5.91 Å². The first kappa shape index (κ1) is 17.1. The minimum absolute atomic E-state index is 0.198. The van der Waals surface area contributed by atoms with Crippen molar-refractivity contribution < 1.29 is 13.9 Å². The van der Waals surface area contributed by atoms with Crippen LogP contribution in [-0.4, -0.2) is 55.2 Å². The highest BCUT2D eigenvalue weighted by atomic mass is 19.1. The van der Waals surface area contributed by atoms with Crippen LogP contribution in [0.1, 0.15) is 26.2 Å². The van der Waals surface area contributed by atoms with Crippen LogP contribution in [0.5, 0.6) is 0 Å². The average molecular weight is 335 g/mol. The maximum Gasteiger partial charge on any atom is 0.224 e. The van der Waals surface area contributed by atoms with E-state index in [1.807, 2.05) is 11.8 Å². The summed E-state index contributed by atoms with van der Waals surface area (Å²) in [5.74, 6) is 1.43. The lowest BCUT2D eigenvalue weighted by molar-refractivity contribution is -0.131. The van der Waals surface area contributed by atoms with Crippen LogP contribution in [0.3, 0.4) is 0 Å². The molecular formula is C18H26FN3O2. The second-order valence-electron chi connectivity index (χ2n) is 6.64. The molecule has 0 unspecified atom stereocenters. The van der Waals surface area contributed by atoms with Gasteiger partial charge in [0.1, 0.15) is 0 Å². The molecule has 3 heterocycles. The number of pyridine rings is 1. The molecule has 0 N–H and O–H groups in total. The maximum absolute atomic E-state index is 13.9. The van der Waals surface area contributed by atoms with E-state index in [-0.39, 0.29) is 11.7 Å². The topological polar surface area (TPSA) is 45.7 Å². The predicted molar refractivity (Wildman–Crippen MR) is 90.3 cm³/mol. The molecule has 1 aromatic rings. The second kappa shape index (κ2) is 7.92. The van der Waals surface area contributed by atoms with Crippen molar-refractivity contribution in [2.45, 2.75) is 26.2 Å². The van der Waals surface area contributed by atoms with Crippen LogP contribution in [0, 0.1) is 17.7 Å². The number of carbonyl (C=O) groups excluding carboxylic acids is 1. The first-order valence-corrected chi connectivity index (χ1v) is 8.90. The molecule has 132 valence electrons. The zero-order chi connectivity index (χ0) is 16.9. The Morgan fingerprint density at radius 2 is 2.04 bits per heavy atom. The number of nitrogens with zero attached hydrogens (tertiary/aromatic N) is 3. The third kappa shape index (κ3) is 3.86. The molecular weight excluding hydrogens is 309 g/mol. The molecule has 0 aliphatic carbocycles. The van der Waals surface area contributed by atoms with Gasteiger partial charge < -0.3 is 14.5 Å². The van der Waals surface area contributed by atoms with Crippen molar-refractivity contribution in [3.05, 3.63) is 24.1 Å². The Bertz CT molecular complexity index is 553. The fourth-order valence-corrected chi connectivity index (χ4v) is 3.84. The summed E-state index contributed by atoms with van der Waals surface area (Å²) in [4.78, 5) is 20.5. The fourth-order valence-electron chi connectivity index (χ4n) is 3.84. The molecule has 2 fully saturated rings. The van der Waals surface area contributed by atoms with Gasteiger partial charge in [0, 0.05) is 39.0 Å². The van der Waals surface area contributed by atoms with E-state index in [1.165, 1.54) is 6.07 Å². The van der Waals surface area contributed by atoms with Crippen molar-refractivity contribution in [2.75, 3.05) is 44.3 Å². The van der Waals surface area contributed by atoms with E-state index in [0.717, 1.165) is 39.0 Å². The molecule has 2 atom stereocenters. The van der Waals surface area contributed by atoms with Gasteiger partial charge in [-0.05, 0) is 43.7 Å². The quantitative estimate of drug-likeness (QED) is 0.775. The molecule has 24 heavy (non-hydrogen) atoms. The molecule has 5 nitrogen and oxygen atoms in total. The lowest BCUT2D eigenvalue weighted by Gasteiger charge is -2.23. The number of hydrogen-bond donors (Lipinski definition) is 0. The summed E-state index contributed by atoms with van der Waals surface area (Å²) in [7, 11) is 0. The van der Waals surface area contributed by atoms with Gasteiger partial charge >= 0.3 is 0 Å².